The number of rotatable bonds is 6. The van der Waals surface area contributed by atoms with Crippen LogP contribution < -0.4 is 19.8 Å². The van der Waals surface area contributed by atoms with Gasteiger partial charge in [-0.25, -0.2) is 14.8 Å². The molecule has 8 nitrogen and oxygen atoms in total. The normalized spacial score (nSPS) is 14.3. The predicted molar refractivity (Wildman–Crippen MR) is 113 cm³/mol. The Morgan fingerprint density at radius 1 is 1.17 bits per heavy atom. The van der Waals surface area contributed by atoms with Gasteiger partial charge in [-0.2, -0.15) is 10.1 Å². The van der Waals surface area contributed by atoms with E-state index in [0.717, 1.165) is 28.3 Å². The van der Waals surface area contributed by atoms with Crippen LogP contribution in [0, 0.1) is 5.82 Å². The van der Waals surface area contributed by atoms with E-state index in [4.69, 9.17) is 14.2 Å². The first-order valence-electron chi connectivity index (χ1n) is 9.48. The van der Waals surface area contributed by atoms with E-state index in [1.807, 2.05) is 35.2 Å². The van der Waals surface area contributed by atoms with Gasteiger partial charge in [-0.3, -0.25) is 0 Å². The fourth-order valence-electron chi connectivity index (χ4n) is 3.30. The number of hydrogen-bond acceptors (Lipinski definition) is 8. The van der Waals surface area contributed by atoms with Gasteiger partial charge in [0, 0.05) is 18.7 Å². The summed E-state index contributed by atoms with van der Waals surface area (Å²) in [5.41, 5.74) is 3.56. The SMILES string of the molecule is COc1ccc2ccc(OC)c(/C=N/Nc3ncc(F)c(N4CCOCC4)n3)c2c1. The number of methoxy groups -OCH3 is 2. The number of hydrazone groups is 1. The molecule has 9 heteroatoms. The van der Waals surface area contributed by atoms with Gasteiger partial charge in [0.05, 0.1) is 39.8 Å². The second-order valence-electron chi connectivity index (χ2n) is 6.60. The van der Waals surface area contributed by atoms with Crippen molar-refractivity contribution in [3.05, 3.63) is 47.9 Å². The molecule has 0 unspecified atom stereocenters. The number of nitrogens with zero attached hydrogens (tertiary/aromatic N) is 4. The summed E-state index contributed by atoms with van der Waals surface area (Å²) in [5.74, 6) is 1.35. The van der Waals surface area contributed by atoms with E-state index in [0.29, 0.717) is 32.1 Å². The topological polar surface area (TPSA) is 81.1 Å². The molecule has 1 saturated heterocycles. The molecule has 4 rings (SSSR count). The fourth-order valence-corrected chi connectivity index (χ4v) is 3.30. The Balaban J connectivity index is 1.61. The molecule has 1 N–H and O–H groups in total. The molecule has 0 bridgehead atoms. The van der Waals surface area contributed by atoms with E-state index in [2.05, 4.69) is 20.5 Å². The van der Waals surface area contributed by atoms with Crippen molar-refractivity contribution in [1.82, 2.24) is 9.97 Å². The standard InChI is InChI=1S/C21H22FN5O3/c1-28-15-5-3-14-4-6-19(29-2)17(16(14)11-15)12-24-26-21-23-13-18(22)20(25-21)27-7-9-30-10-8-27/h3-6,11-13H,7-10H2,1-2H3,(H,23,25,26)/b24-12+. The zero-order chi connectivity index (χ0) is 20.9. The third-order valence-corrected chi connectivity index (χ3v) is 4.84. The van der Waals surface area contributed by atoms with E-state index in [1.165, 1.54) is 0 Å². The van der Waals surface area contributed by atoms with Crippen molar-refractivity contribution < 1.29 is 18.6 Å². The quantitative estimate of drug-likeness (QED) is 0.493. The lowest BCUT2D eigenvalue weighted by atomic mass is 10.0. The van der Waals surface area contributed by atoms with Gasteiger partial charge in [0.1, 0.15) is 11.5 Å². The molecule has 0 aliphatic carbocycles. The predicted octanol–water partition coefficient (Wildman–Crippen LogP) is 3.07. The van der Waals surface area contributed by atoms with Gasteiger partial charge in [0.2, 0.25) is 5.95 Å². The Labute approximate surface area is 173 Å². The highest BCUT2D eigenvalue weighted by Gasteiger charge is 2.17. The summed E-state index contributed by atoms with van der Waals surface area (Å²) in [6, 6.07) is 9.63. The molecule has 30 heavy (non-hydrogen) atoms. The van der Waals surface area contributed by atoms with Crippen LogP contribution in [0.2, 0.25) is 0 Å². The van der Waals surface area contributed by atoms with Crippen LogP contribution in [0.25, 0.3) is 10.8 Å². The third-order valence-electron chi connectivity index (χ3n) is 4.84. The maximum Gasteiger partial charge on any atom is 0.245 e. The van der Waals surface area contributed by atoms with E-state index in [-0.39, 0.29) is 11.8 Å². The average molecular weight is 411 g/mol. The largest absolute Gasteiger partial charge is 0.497 e. The number of benzene rings is 2. The molecule has 2 heterocycles. The van der Waals surface area contributed by atoms with Crippen LogP contribution in [0.15, 0.2) is 41.6 Å². The molecule has 0 spiro atoms. The highest BCUT2D eigenvalue weighted by Crippen LogP contribution is 2.29. The average Bonchev–Trinajstić information content (AvgIpc) is 2.80. The van der Waals surface area contributed by atoms with Crippen LogP contribution in [0.1, 0.15) is 5.56 Å². The molecule has 3 aromatic rings. The van der Waals surface area contributed by atoms with Gasteiger partial charge in [-0.05, 0) is 29.0 Å². The third kappa shape index (κ3) is 4.11. The zero-order valence-electron chi connectivity index (χ0n) is 16.8. The lowest BCUT2D eigenvalue weighted by Crippen LogP contribution is -2.37. The van der Waals surface area contributed by atoms with Crippen molar-refractivity contribution in [2.75, 3.05) is 50.8 Å². The van der Waals surface area contributed by atoms with Crippen LogP contribution in [-0.4, -0.2) is 56.7 Å². The summed E-state index contributed by atoms with van der Waals surface area (Å²) in [4.78, 5) is 10.1. The van der Waals surface area contributed by atoms with Crippen molar-refractivity contribution in [1.29, 1.82) is 0 Å². The minimum absolute atomic E-state index is 0.200. The number of hydrogen-bond donors (Lipinski definition) is 1. The first kappa shape index (κ1) is 19.8. The Kier molecular flexibility index (Phi) is 5.89. The van der Waals surface area contributed by atoms with Crippen LogP contribution >= 0.6 is 0 Å². The van der Waals surface area contributed by atoms with Gasteiger partial charge in [0.15, 0.2) is 11.6 Å². The smallest absolute Gasteiger partial charge is 0.245 e. The Bertz CT molecular complexity index is 1060. The number of anilines is 2. The number of halogens is 1. The number of fused-ring (bicyclic) bond motifs is 1. The molecule has 0 radical (unpaired) electrons. The number of ether oxygens (including phenoxy) is 3. The highest BCUT2D eigenvalue weighted by atomic mass is 19.1. The lowest BCUT2D eigenvalue weighted by molar-refractivity contribution is 0.122. The lowest BCUT2D eigenvalue weighted by Gasteiger charge is -2.27. The van der Waals surface area contributed by atoms with Crippen LogP contribution in [-0.2, 0) is 4.74 Å². The van der Waals surface area contributed by atoms with Gasteiger partial charge in [-0.15, -0.1) is 0 Å². The second kappa shape index (κ2) is 8.91. The van der Waals surface area contributed by atoms with Gasteiger partial charge < -0.3 is 19.1 Å². The molecule has 1 aliphatic heterocycles. The maximum absolute atomic E-state index is 14.2. The molecular formula is C21H22FN5O3. The Morgan fingerprint density at radius 3 is 2.73 bits per heavy atom. The minimum Gasteiger partial charge on any atom is -0.497 e. The van der Waals surface area contributed by atoms with Gasteiger partial charge in [-0.1, -0.05) is 12.1 Å². The van der Waals surface area contributed by atoms with Crippen LogP contribution in [0.5, 0.6) is 11.5 Å². The first-order chi connectivity index (χ1) is 14.7. The molecule has 1 aromatic heterocycles. The first-order valence-corrected chi connectivity index (χ1v) is 9.48. The zero-order valence-corrected chi connectivity index (χ0v) is 16.8. The van der Waals surface area contributed by atoms with E-state index in [9.17, 15) is 4.39 Å². The Hall–Kier alpha value is -3.46. The van der Waals surface area contributed by atoms with E-state index >= 15 is 0 Å². The molecule has 1 fully saturated rings. The van der Waals surface area contributed by atoms with Gasteiger partial charge in [0.25, 0.3) is 0 Å². The molecule has 156 valence electrons. The number of nitrogens with one attached hydrogen (secondary N) is 1. The van der Waals surface area contributed by atoms with Crippen molar-refractivity contribution in [3.63, 3.8) is 0 Å². The molecule has 1 aliphatic rings. The molecule has 2 aromatic carbocycles. The summed E-state index contributed by atoms with van der Waals surface area (Å²) >= 11 is 0. The van der Waals surface area contributed by atoms with Crippen molar-refractivity contribution in [2.24, 2.45) is 5.10 Å². The molecule has 0 amide bonds. The summed E-state index contributed by atoms with van der Waals surface area (Å²) in [6.45, 7) is 2.22. The monoisotopic (exact) mass is 411 g/mol. The number of morpholine rings is 1. The summed E-state index contributed by atoms with van der Waals surface area (Å²) in [7, 11) is 3.22. The molecule has 0 saturated carbocycles. The van der Waals surface area contributed by atoms with Crippen molar-refractivity contribution in [3.8, 4) is 11.5 Å². The minimum atomic E-state index is -0.478. The second-order valence-corrected chi connectivity index (χ2v) is 6.60. The van der Waals surface area contributed by atoms with Crippen LogP contribution in [0.3, 0.4) is 0 Å². The fraction of sp³-hybridized carbons (Fsp3) is 0.286. The van der Waals surface area contributed by atoms with Gasteiger partial charge >= 0.3 is 0 Å². The Morgan fingerprint density at radius 2 is 1.97 bits per heavy atom. The van der Waals surface area contributed by atoms with Crippen LogP contribution in [0.4, 0.5) is 16.2 Å². The van der Waals surface area contributed by atoms with Crippen molar-refractivity contribution >= 4 is 28.8 Å². The summed E-state index contributed by atoms with van der Waals surface area (Å²) < 4.78 is 30.3. The highest BCUT2D eigenvalue weighted by molar-refractivity contribution is 6.03. The van der Waals surface area contributed by atoms with E-state index in [1.54, 1.807) is 20.4 Å². The maximum atomic E-state index is 14.2. The molecule has 0 atom stereocenters. The molecular weight excluding hydrogens is 389 g/mol. The summed E-state index contributed by atoms with van der Waals surface area (Å²) in [5, 5.41) is 6.20. The number of aromatic nitrogens is 2. The van der Waals surface area contributed by atoms with Crippen molar-refractivity contribution in [2.45, 2.75) is 0 Å². The summed E-state index contributed by atoms with van der Waals surface area (Å²) in [6.07, 6.45) is 2.76. The van der Waals surface area contributed by atoms with E-state index < -0.39 is 5.82 Å².